The summed E-state index contributed by atoms with van der Waals surface area (Å²) in [5, 5.41) is 11.7. The lowest BCUT2D eigenvalue weighted by Gasteiger charge is -2.22. The predicted octanol–water partition coefficient (Wildman–Crippen LogP) is 1.79. The van der Waals surface area contributed by atoms with E-state index in [0.29, 0.717) is 11.7 Å². The first kappa shape index (κ1) is 14.4. The number of para-hydroxylation sites is 1. The maximum Gasteiger partial charge on any atom is 0.280 e. The quantitative estimate of drug-likeness (QED) is 0.918. The van der Waals surface area contributed by atoms with E-state index in [1.165, 1.54) is 5.56 Å². The van der Waals surface area contributed by atoms with Gasteiger partial charge in [0.05, 0.1) is 12.2 Å². The minimum absolute atomic E-state index is 0.0531. The molecule has 2 aromatic rings. The minimum Gasteiger partial charge on any atom is -0.317 e. The van der Waals surface area contributed by atoms with Gasteiger partial charge in [-0.05, 0) is 50.9 Å². The molecule has 0 radical (unpaired) electrons. The van der Waals surface area contributed by atoms with E-state index in [-0.39, 0.29) is 11.9 Å². The Kier molecular flexibility index (Phi) is 3.61. The first-order chi connectivity index (χ1) is 11.2. The van der Waals surface area contributed by atoms with E-state index in [1.54, 1.807) is 0 Å². The normalized spacial score (nSPS) is 21.4. The lowest BCUT2D eigenvalue weighted by Crippen LogP contribution is -2.36. The van der Waals surface area contributed by atoms with E-state index >= 15 is 0 Å². The van der Waals surface area contributed by atoms with Crippen molar-refractivity contribution in [1.82, 2.24) is 20.3 Å². The maximum atomic E-state index is 12.9. The maximum absolute atomic E-state index is 12.9. The first-order valence-corrected chi connectivity index (χ1v) is 8.28. The van der Waals surface area contributed by atoms with E-state index in [4.69, 9.17) is 0 Å². The second-order valence-corrected chi connectivity index (χ2v) is 6.42. The van der Waals surface area contributed by atoms with Crippen molar-refractivity contribution in [3.63, 3.8) is 0 Å². The van der Waals surface area contributed by atoms with Crippen molar-refractivity contribution in [2.75, 3.05) is 18.0 Å². The molecule has 120 valence electrons. The van der Waals surface area contributed by atoms with Gasteiger partial charge in [0, 0.05) is 11.7 Å². The number of nitrogens with one attached hydrogen (secondary N) is 1. The second kappa shape index (κ2) is 5.77. The van der Waals surface area contributed by atoms with Gasteiger partial charge in [0.15, 0.2) is 5.69 Å². The van der Waals surface area contributed by atoms with Gasteiger partial charge in [-0.2, -0.15) is 0 Å². The third-order valence-electron chi connectivity index (χ3n) is 4.84. The number of anilines is 1. The van der Waals surface area contributed by atoms with Gasteiger partial charge in [0.1, 0.15) is 0 Å². The fourth-order valence-corrected chi connectivity index (χ4v) is 3.62. The molecule has 1 amide bonds. The molecule has 1 aromatic carbocycles. The van der Waals surface area contributed by atoms with E-state index in [1.807, 2.05) is 34.0 Å². The van der Waals surface area contributed by atoms with Crippen LogP contribution in [0.25, 0.3) is 0 Å². The summed E-state index contributed by atoms with van der Waals surface area (Å²) in [5.74, 6) is -0.0531. The Morgan fingerprint density at radius 2 is 2.04 bits per heavy atom. The van der Waals surface area contributed by atoms with Crippen LogP contribution in [0, 0.1) is 0 Å². The standard InChI is InChI=1S/C17H21N5O/c1-12-10-13-4-2-3-5-16(13)22(12)17(23)15-11-21(20-19-15)14-6-8-18-9-7-14/h2-5,11-12,14,18H,6-10H2,1H3. The highest BCUT2D eigenvalue weighted by Crippen LogP contribution is 2.32. The fraction of sp³-hybridized carbons (Fsp3) is 0.471. The molecule has 1 aromatic heterocycles. The molecule has 1 saturated heterocycles. The summed E-state index contributed by atoms with van der Waals surface area (Å²) in [6, 6.07) is 8.59. The largest absolute Gasteiger partial charge is 0.317 e. The van der Waals surface area contributed by atoms with Crippen LogP contribution in [-0.2, 0) is 6.42 Å². The minimum atomic E-state index is -0.0531. The number of nitrogens with zero attached hydrogens (tertiary/aromatic N) is 4. The van der Waals surface area contributed by atoms with Gasteiger partial charge >= 0.3 is 0 Å². The molecule has 0 spiro atoms. The zero-order chi connectivity index (χ0) is 15.8. The van der Waals surface area contributed by atoms with Crippen molar-refractivity contribution in [2.45, 2.75) is 38.3 Å². The Hall–Kier alpha value is -2.21. The Morgan fingerprint density at radius 1 is 1.26 bits per heavy atom. The molecule has 6 heteroatoms. The second-order valence-electron chi connectivity index (χ2n) is 6.42. The van der Waals surface area contributed by atoms with Gasteiger partial charge in [0.2, 0.25) is 0 Å². The highest BCUT2D eigenvalue weighted by Gasteiger charge is 2.32. The third-order valence-corrected chi connectivity index (χ3v) is 4.84. The van der Waals surface area contributed by atoms with Crippen LogP contribution < -0.4 is 10.2 Å². The number of fused-ring (bicyclic) bond motifs is 1. The number of carbonyl (C=O) groups is 1. The number of rotatable bonds is 2. The van der Waals surface area contributed by atoms with Crippen LogP contribution >= 0.6 is 0 Å². The highest BCUT2D eigenvalue weighted by atomic mass is 16.2. The average molecular weight is 311 g/mol. The Bertz CT molecular complexity index is 719. The van der Waals surface area contributed by atoms with Crippen molar-refractivity contribution in [1.29, 1.82) is 0 Å². The smallest absolute Gasteiger partial charge is 0.280 e. The van der Waals surface area contributed by atoms with Gasteiger partial charge in [0.25, 0.3) is 5.91 Å². The van der Waals surface area contributed by atoms with Crippen molar-refractivity contribution in [3.05, 3.63) is 41.7 Å². The molecule has 1 unspecified atom stereocenters. The zero-order valence-electron chi connectivity index (χ0n) is 13.3. The van der Waals surface area contributed by atoms with Crippen molar-refractivity contribution in [3.8, 4) is 0 Å². The van der Waals surface area contributed by atoms with Crippen LogP contribution in [0.1, 0.15) is 41.9 Å². The number of piperidine rings is 1. The zero-order valence-corrected chi connectivity index (χ0v) is 13.3. The summed E-state index contributed by atoms with van der Waals surface area (Å²) in [7, 11) is 0. The van der Waals surface area contributed by atoms with E-state index in [2.05, 4.69) is 28.6 Å². The Balaban J connectivity index is 1.59. The van der Waals surface area contributed by atoms with E-state index in [0.717, 1.165) is 38.0 Å². The van der Waals surface area contributed by atoms with Crippen LogP contribution in [0.4, 0.5) is 5.69 Å². The number of hydrogen-bond acceptors (Lipinski definition) is 4. The summed E-state index contributed by atoms with van der Waals surface area (Å²) in [4.78, 5) is 14.8. The Labute approximate surface area is 135 Å². The molecule has 1 fully saturated rings. The van der Waals surface area contributed by atoms with Crippen molar-refractivity contribution in [2.24, 2.45) is 0 Å². The van der Waals surface area contributed by atoms with Gasteiger partial charge in [-0.25, -0.2) is 4.68 Å². The van der Waals surface area contributed by atoms with Crippen molar-refractivity contribution >= 4 is 11.6 Å². The molecule has 6 nitrogen and oxygen atoms in total. The van der Waals surface area contributed by atoms with Gasteiger partial charge in [-0.15, -0.1) is 5.10 Å². The van der Waals surface area contributed by atoms with Gasteiger partial charge in [-0.3, -0.25) is 4.79 Å². The lowest BCUT2D eigenvalue weighted by molar-refractivity contribution is 0.0976. The van der Waals surface area contributed by atoms with Crippen LogP contribution in [0.3, 0.4) is 0 Å². The van der Waals surface area contributed by atoms with E-state index < -0.39 is 0 Å². The summed E-state index contributed by atoms with van der Waals surface area (Å²) >= 11 is 0. The SMILES string of the molecule is CC1Cc2ccccc2N1C(=O)c1cn(C2CCNCC2)nn1. The molecule has 1 atom stereocenters. The number of hydrogen-bond donors (Lipinski definition) is 1. The molecule has 4 rings (SSSR count). The molecule has 3 heterocycles. The average Bonchev–Trinajstić information content (AvgIpc) is 3.19. The third kappa shape index (κ3) is 2.53. The monoisotopic (exact) mass is 311 g/mol. The summed E-state index contributed by atoms with van der Waals surface area (Å²) in [6.45, 7) is 4.06. The Morgan fingerprint density at radius 3 is 2.87 bits per heavy atom. The summed E-state index contributed by atoms with van der Waals surface area (Å²) < 4.78 is 1.86. The van der Waals surface area contributed by atoms with Crippen molar-refractivity contribution < 1.29 is 4.79 Å². The van der Waals surface area contributed by atoms with E-state index in [9.17, 15) is 4.79 Å². The molecule has 1 N–H and O–H groups in total. The molecule has 0 bridgehead atoms. The van der Waals surface area contributed by atoms with Gasteiger partial charge < -0.3 is 10.2 Å². The number of aromatic nitrogens is 3. The lowest BCUT2D eigenvalue weighted by atomic mass is 10.1. The number of amides is 1. The summed E-state index contributed by atoms with van der Waals surface area (Å²) in [5.41, 5.74) is 2.66. The molecular formula is C17H21N5O. The first-order valence-electron chi connectivity index (χ1n) is 8.28. The van der Waals surface area contributed by atoms with Crippen LogP contribution in [0.2, 0.25) is 0 Å². The van der Waals surface area contributed by atoms with Crippen LogP contribution in [-0.4, -0.2) is 40.0 Å². The topological polar surface area (TPSA) is 63.1 Å². The summed E-state index contributed by atoms with van der Waals surface area (Å²) in [6.07, 6.45) is 4.76. The molecule has 0 aliphatic carbocycles. The highest BCUT2D eigenvalue weighted by molar-refractivity contribution is 6.06. The van der Waals surface area contributed by atoms with Gasteiger partial charge in [-0.1, -0.05) is 23.4 Å². The molecule has 2 aliphatic rings. The molecule has 2 aliphatic heterocycles. The fourth-order valence-electron chi connectivity index (χ4n) is 3.62. The molecule has 0 saturated carbocycles. The number of benzene rings is 1. The number of carbonyl (C=O) groups excluding carboxylic acids is 1. The van der Waals surface area contributed by atoms with Crippen LogP contribution in [0.15, 0.2) is 30.5 Å². The molecule has 23 heavy (non-hydrogen) atoms. The molecular weight excluding hydrogens is 290 g/mol. The van der Waals surface area contributed by atoms with Crippen LogP contribution in [0.5, 0.6) is 0 Å². The predicted molar refractivity (Wildman–Crippen MR) is 87.6 cm³/mol.